The summed E-state index contributed by atoms with van der Waals surface area (Å²) in [4.78, 5) is 11.9. The lowest BCUT2D eigenvalue weighted by Crippen LogP contribution is -2.56. The lowest BCUT2D eigenvalue weighted by Gasteiger charge is -2.38. The van der Waals surface area contributed by atoms with Crippen LogP contribution < -0.4 is 5.32 Å². The van der Waals surface area contributed by atoms with Crippen molar-refractivity contribution in [3.63, 3.8) is 0 Å². The molecule has 0 unspecified atom stereocenters. The third-order valence-electron chi connectivity index (χ3n) is 3.65. The smallest absolute Gasteiger partial charge is 0.141 e. The topological polar surface area (TPSA) is 29.1 Å². The molecule has 0 aromatic heterocycles. The molecule has 1 saturated carbocycles. The average molecular weight is 181 g/mol. The fourth-order valence-corrected chi connectivity index (χ4v) is 2.42. The van der Waals surface area contributed by atoms with Crippen LogP contribution in [0.5, 0.6) is 0 Å². The molecule has 1 saturated heterocycles. The fraction of sp³-hybridized carbons (Fsp3) is 0.909. The first kappa shape index (κ1) is 9.20. The average Bonchev–Trinajstić information content (AvgIpc) is 2.52. The van der Waals surface area contributed by atoms with Gasteiger partial charge >= 0.3 is 0 Å². The molecule has 2 heteroatoms. The number of carbonyl (C=O) groups is 1. The van der Waals surface area contributed by atoms with Gasteiger partial charge in [-0.05, 0) is 5.92 Å². The van der Waals surface area contributed by atoms with Gasteiger partial charge in [0.25, 0.3) is 0 Å². The minimum Gasteiger partial charge on any atom is -0.315 e. The molecule has 0 bridgehead atoms. The van der Waals surface area contributed by atoms with Crippen LogP contribution >= 0.6 is 0 Å². The van der Waals surface area contributed by atoms with E-state index < -0.39 is 0 Å². The van der Waals surface area contributed by atoms with Crippen molar-refractivity contribution in [1.29, 1.82) is 0 Å². The summed E-state index contributed by atoms with van der Waals surface area (Å²) >= 11 is 0. The zero-order valence-electron chi connectivity index (χ0n) is 8.44. The number of Topliss-reactive ketones (excluding diaryl/α,β-unsaturated/α-hetero) is 1. The minimum atomic E-state index is -0.0113. The van der Waals surface area contributed by atoms with E-state index in [4.69, 9.17) is 0 Å². The Morgan fingerprint density at radius 1 is 1.38 bits per heavy atom. The van der Waals surface area contributed by atoms with Crippen LogP contribution in [0.25, 0.3) is 0 Å². The van der Waals surface area contributed by atoms with E-state index in [1.54, 1.807) is 0 Å². The fourth-order valence-electron chi connectivity index (χ4n) is 2.42. The van der Waals surface area contributed by atoms with Gasteiger partial charge in [-0.3, -0.25) is 4.79 Å². The molecule has 0 spiro atoms. The Morgan fingerprint density at radius 3 is 2.46 bits per heavy atom. The lowest BCUT2D eigenvalue weighted by atomic mass is 9.76. The standard InChI is InChI=1S/C11H19NO/c1-11(7-12-8-11)10(13)6-9-4-2-3-5-9/h9,12H,2-8H2,1H3. The van der Waals surface area contributed by atoms with Crippen molar-refractivity contribution in [2.75, 3.05) is 13.1 Å². The molecule has 0 atom stereocenters. The maximum atomic E-state index is 11.9. The summed E-state index contributed by atoms with van der Waals surface area (Å²) in [6.45, 7) is 3.90. The van der Waals surface area contributed by atoms with Gasteiger partial charge in [-0.15, -0.1) is 0 Å². The van der Waals surface area contributed by atoms with Gasteiger partial charge in [0, 0.05) is 19.5 Å². The highest BCUT2D eigenvalue weighted by Gasteiger charge is 2.39. The summed E-state index contributed by atoms with van der Waals surface area (Å²) in [5.74, 6) is 1.21. The van der Waals surface area contributed by atoms with Crippen LogP contribution in [0.15, 0.2) is 0 Å². The van der Waals surface area contributed by atoms with E-state index in [-0.39, 0.29) is 5.41 Å². The second-order valence-electron chi connectivity index (χ2n) is 4.94. The molecule has 2 fully saturated rings. The van der Waals surface area contributed by atoms with Crippen LogP contribution in [0, 0.1) is 11.3 Å². The van der Waals surface area contributed by atoms with Crippen molar-refractivity contribution >= 4 is 5.78 Å². The molecular weight excluding hydrogens is 162 g/mol. The number of nitrogens with one attached hydrogen (secondary N) is 1. The van der Waals surface area contributed by atoms with Crippen molar-refractivity contribution < 1.29 is 4.79 Å². The molecule has 13 heavy (non-hydrogen) atoms. The van der Waals surface area contributed by atoms with Crippen LogP contribution in [0.4, 0.5) is 0 Å². The normalized spacial score (nSPS) is 27.2. The quantitative estimate of drug-likeness (QED) is 0.718. The first-order chi connectivity index (χ1) is 6.21. The molecule has 1 heterocycles. The Bertz CT molecular complexity index is 202. The van der Waals surface area contributed by atoms with E-state index in [1.807, 2.05) is 0 Å². The second-order valence-corrected chi connectivity index (χ2v) is 4.94. The van der Waals surface area contributed by atoms with Crippen LogP contribution in [0.1, 0.15) is 39.0 Å². The van der Waals surface area contributed by atoms with Gasteiger partial charge < -0.3 is 5.32 Å². The Kier molecular flexibility index (Phi) is 2.41. The maximum Gasteiger partial charge on any atom is 0.141 e. The first-order valence-electron chi connectivity index (χ1n) is 5.45. The van der Waals surface area contributed by atoms with Gasteiger partial charge in [0.1, 0.15) is 5.78 Å². The summed E-state index contributed by atoms with van der Waals surface area (Å²) in [5.41, 5.74) is -0.0113. The van der Waals surface area contributed by atoms with Crippen molar-refractivity contribution in [2.24, 2.45) is 11.3 Å². The summed E-state index contributed by atoms with van der Waals surface area (Å²) in [5, 5.41) is 3.19. The molecule has 2 nitrogen and oxygen atoms in total. The zero-order chi connectivity index (χ0) is 9.31. The molecule has 0 aromatic rings. The van der Waals surface area contributed by atoms with E-state index in [0.29, 0.717) is 11.7 Å². The molecular formula is C11H19NO. The molecule has 1 aliphatic carbocycles. The van der Waals surface area contributed by atoms with Crippen molar-refractivity contribution in [3.8, 4) is 0 Å². The molecule has 0 aromatic carbocycles. The van der Waals surface area contributed by atoms with Crippen molar-refractivity contribution in [1.82, 2.24) is 5.32 Å². The summed E-state index contributed by atoms with van der Waals surface area (Å²) in [6.07, 6.45) is 6.10. The Labute approximate surface area is 80.1 Å². The number of rotatable bonds is 3. The lowest BCUT2D eigenvalue weighted by molar-refractivity contribution is -0.131. The molecule has 74 valence electrons. The van der Waals surface area contributed by atoms with E-state index in [9.17, 15) is 4.79 Å². The highest BCUT2D eigenvalue weighted by molar-refractivity contribution is 5.86. The predicted molar refractivity (Wildman–Crippen MR) is 52.6 cm³/mol. The van der Waals surface area contributed by atoms with Crippen LogP contribution in [0.2, 0.25) is 0 Å². The van der Waals surface area contributed by atoms with E-state index in [2.05, 4.69) is 12.2 Å². The van der Waals surface area contributed by atoms with Crippen LogP contribution in [0.3, 0.4) is 0 Å². The second kappa shape index (κ2) is 3.41. The number of hydrogen-bond donors (Lipinski definition) is 1. The highest BCUT2D eigenvalue weighted by atomic mass is 16.1. The van der Waals surface area contributed by atoms with Gasteiger partial charge in [0.2, 0.25) is 0 Å². The first-order valence-corrected chi connectivity index (χ1v) is 5.45. The minimum absolute atomic E-state index is 0.0113. The third-order valence-corrected chi connectivity index (χ3v) is 3.65. The van der Waals surface area contributed by atoms with Gasteiger partial charge in [-0.1, -0.05) is 32.6 Å². The predicted octanol–water partition coefficient (Wildman–Crippen LogP) is 1.75. The van der Waals surface area contributed by atoms with E-state index in [1.165, 1.54) is 25.7 Å². The number of ketones is 1. The molecule has 2 aliphatic rings. The summed E-state index contributed by atoms with van der Waals surface area (Å²) < 4.78 is 0. The van der Waals surface area contributed by atoms with Gasteiger partial charge in [-0.25, -0.2) is 0 Å². The SMILES string of the molecule is CC1(C(=O)CC2CCCC2)CNC1. The number of carbonyl (C=O) groups excluding carboxylic acids is 1. The molecule has 2 rings (SSSR count). The molecule has 0 radical (unpaired) electrons. The third kappa shape index (κ3) is 1.78. The van der Waals surface area contributed by atoms with E-state index >= 15 is 0 Å². The van der Waals surface area contributed by atoms with Crippen LogP contribution in [-0.2, 0) is 4.79 Å². The van der Waals surface area contributed by atoms with E-state index in [0.717, 1.165) is 19.5 Å². The Balaban J connectivity index is 1.83. The molecule has 1 aliphatic heterocycles. The number of hydrogen-bond acceptors (Lipinski definition) is 2. The van der Waals surface area contributed by atoms with Gasteiger partial charge in [0.05, 0.1) is 5.41 Å². The Morgan fingerprint density at radius 2 is 2.00 bits per heavy atom. The summed E-state index contributed by atoms with van der Waals surface area (Å²) in [6, 6.07) is 0. The summed E-state index contributed by atoms with van der Waals surface area (Å²) in [7, 11) is 0. The largest absolute Gasteiger partial charge is 0.315 e. The van der Waals surface area contributed by atoms with Gasteiger partial charge in [0.15, 0.2) is 0 Å². The van der Waals surface area contributed by atoms with Crippen LogP contribution in [-0.4, -0.2) is 18.9 Å². The highest BCUT2D eigenvalue weighted by Crippen LogP contribution is 2.32. The molecule has 1 N–H and O–H groups in total. The maximum absolute atomic E-state index is 11.9. The monoisotopic (exact) mass is 181 g/mol. The Hall–Kier alpha value is -0.370. The molecule has 0 amide bonds. The van der Waals surface area contributed by atoms with Gasteiger partial charge in [-0.2, -0.15) is 0 Å². The van der Waals surface area contributed by atoms with Crippen molar-refractivity contribution in [2.45, 2.75) is 39.0 Å². The van der Waals surface area contributed by atoms with Crippen molar-refractivity contribution in [3.05, 3.63) is 0 Å². The zero-order valence-corrected chi connectivity index (χ0v) is 8.44.